The molecule has 0 aliphatic carbocycles. The summed E-state index contributed by atoms with van der Waals surface area (Å²) in [6.07, 6.45) is 0.205. The Bertz CT molecular complexity index is 1000. The number of halogens is 1. The minimum Gasteiger partial charge on any atom is -0.312 e. The third kappa shape index (κ3) is 3.30. The van der Waals surface area contributed by atoms with E-state index in [9.17, 15) is 9.59 Å². The molecular weight excluding hydrogens is 370 g/mol. The lowest BCUT2D eigenvalue weighted by atomic mass is 10.1. The monoisotopic (exact) mass is 385 g/mol. The molecule has 1 aliphatic heterocycles. The second-order valence-electron chi connectivity index (χ2n) is 6.36. The van der Waals surface area contributed by atoms with Gasteiger partial charge in [0.25, 0.3) is 0 Å². The third-order valence-corrected chi connectivity index (χ3v) is 5.59. The minimum atomic E-state index is -0.389. The highest BCUT2D eigenvalue weighted by Gasteiger charge is 2.35. The second-order valence-corrected chi connectivity index (χ2v) is 7.83. The zero-order valence-electron chi connectivity index (χ0n) is 14.0. The van der Waals surface area contributed by atoms with Crippen LogP contribution in [-0.2, 0) is 9.59 Å². The summed E-state index contributed by atoms with van der Waals surface area (Å²) in [4.78, 5) is 31.0. The molecule has 0 saturated carbocycles. The van der Waals surface area contributed by atoms with Crippen LogP contribution in [0.5, 0.6) is 0 Å². The zero-order chi connectivity index (χ0) is 18.3. The molecule has 0 bridgehead atoms. The maximum Gasteiger partial charge on any atom is 0.231 e. The Kier molecular flexibility index (Phi) is 4.38. The lowest BCUT2D eigenvalue weighted by Crippen LogP contribution is -2.28. The molecule has 1 N–H and O–H groups in total. The number of carbonyl (C=O) groups excluding carboxylic acids is 2. The number of thiazole rings is 1. The molecular formula is C19H16ClN3O2S. The van der Waals surface area contributed by atoms with Gasteiger partial charge in [-0.2, -0.15) is 0 Å². The molecule has 7 heteroatoms. The molecule has 2 heterocycles. The van der Waals surface area contributed by atoms with Crippen molar-refractivity contribution in [1.29, 1.82) is 0 Å². The molecule has 4 rings (SSSR count). The number of benzene rings is 2. The number of rotatable bonds is 3. The van der Waals surface area contributed by atoms with E-state index >= 15 is 0 Å². The first-order valence-corrected chi connectivity index (χ1v) is 9.43. The van der Waals surface area contributed by atoms with Crippen molar-refractivity contribution in [3.05, 3.63) is 53.1 Å². The van der Waals surface area contributed by atoms with E-state index in [1.165, 1.54) is 11.3 Å². The van der Waals surface area contributed by atoms with Gasteiger partial charge in [0.1, 0.15) is 0 Å². The predicted molar refractivity (Wildman–Crippen MR) is 105 cm³/mol. The van der Waals surface area contributed by atoms with Gasteiger partial charge in [-0.3, -0.25) is 9.59 Å². The number of anilines is 2. The van der Waals surface area contributed by atoms with Crippen molar-refractivity contribution in [3.8, 4) is 0 Å². The Labute approximate surface area is 159 Å². The molecule has 1 fully saturated rings. The van der Waals surface area contributed by atoms with Gasteiger partial charge in [-0.25, -0.2) is 4.98 Å². The maximum absolute atomic E-state index is 12.6. The molecule has 0 radical (unpaired) electrons. The minimum absolute atomic E-state index is 0.0370. The number of nitrogens with one attached hydrogen (secondary N) is 1. The van der Waals surface area contributed by atoms with Crippen molar-refractivity contribution < 1.29 is 9.59 Å². The first kappa shape index (κ1) is 17.0. The van der Waals surface area contributed by atoms with Crippen LogP contribution in [0.15, 0.2) is 42.5 Å². The topological polar surface area (TPSA) is 62.3 Å². The Morgan fingerprint density at radius 2 is 2.04 bits per heavy atom. The van der Waals surface area contributed by atoms with Crippen LogP contribution in [0.4, 0.5) is 10.8 Å². The molecule has 1 atom stereocenters. The summed E-state index contributed by atoms with van der Waals surface area (Å²) in [5.74, 6) is -0.609. The molecule has 1 aliphatic rings. The highest BCUT2D eigenvalue weighted by atomic mass is 35.5. The summed E-state index contributed by atoms with van der Waals surface area (Å²) >= 11 is 7.36. The largest absolute Gasteiger partial charge is 0.312 e. The number of hydrogen-bond donors (Lipinski definition) is 1. The molecule has 5 nitrogen and oxygen atoms in total. The quantitative estimate of drug-likeness (QED) is 0.733. The SMILES string of the molecule is Cc1ccc(N2C[C@@H](C(=O)Nc3nc4ccc(Cl)cc4s3)CC2=O)cc1. The number of amides is 2. The van der Waals surface area contributed by atoms with Crippen LogP contribution in [0, 0.1) is 12.8 Å². The van der Waals surface area contributed by atoms with Gasteiger partial charge in [-0.15, -0.1) is 0 Å². The van der Waals surface area contributed by atoms with Gasteiger partial charge in [0.2, 0.25) is 11.8 Å². The Balaban J connectivity index is 1.48. The Morgan fingerprint density at radius 3 is 2.81 bits per heavy atom. The highest BCUT2D eigenvalue weighted by molar-refractivity contribution is 7.22. The van der Waals surface area contributed by atoms with Crippen molar-refractivity contribution in [2.24, 2.45) is 5.92 Å². The highest BCUT2D eigenvalue weighted by Crippen LogP contribution is 2.30. The van der Waals surface area contributed by atoms with Gasteiger partial charge in [0, 0.05) is 23.7 Å². The van der Waals surface area contributed by atoms with Crippen LogP contribution < -0.4 is 10.2 Å². The number of hydrogen-bond acceptors (Lipinski definition) is 4. The van der Waals surface area contributed by atoms with Crippen LogP contribution in [0.3, 0.4) is 0 Å². The summed E-state index contributed by atoms with van der Waals surface area (Å²) in [6.45, 7) is 2.38. The lowest BCUT2D eigenvalue weighted by molar-refractivity contribution is -0.122. The van der Waals surface area contributed by atoms with E-state index in [0.29, 0.717) is 16.7 Å². The first-order chi connectivity index (χ1) is 12.5. The number of aryl methyl sites for hydroxylation is 1. The molecule has 1 aromatic heterocycles. The maximum atomic E-state index is 12.6. The second kappa shape index (κ2) is 6.70. The molecule has 0 spiro atoms. The fourth-order valence-corrected chi connectivity index (χ4v) is 4.16. The molecule has 0 unspecified atom stereocenters. The Hall–Kier alpha value is -2.44. The fraction of sp³-hybridized carbons (Fsp3) is 0.211. The van der Waals surface area contributed by atoms with E-state index in [4.69, 9.17) is 11.6 Å². The van der Waals surface area contributed by atoms with Crippen molar-refractivity contribution in [2.75, 3.05) is 16.8 Å². The normalized spacial score (nSPS) is 17.1. The summed E-state index contributed by atoms with van der Waals surface area (Å²) in [7, 11) is 0. The fourth-order valence-electron chi connectivity index (χ4n) is 3.02. The van der Waals surface area contributed by atoms with Crippen molar-refractivity contribution >= 4 is 55.8 Å². The van der Waals surface area contributed by atoms with Gasteiger partial charge in [0.15, 0.2) is 5.13 Å². The molecule has 26 heavy (non-hydrogen) atoms. The zero-order valence-corrected chi connectivity index (χ0v) is 15.6. The van der Waals surface area contributed by atoms with E-state index in [2.05, 4.69) is 10.3 Å². The predicted octanol–water partition coefficient (Wildman–Crippen LogP) is 4.25. The molecule has 2 aromatic carbocycles. The molecule has 132 valence electrons. The summed E-state index contributed by atoms with van der Waals surface area (Å²) in [6, 6.07) is 13.1. The van der Waals surface area contributed by atoms with Crippen molar-refractivity contribution in [3.63, 3.8) is 0 Å². The van der Waals surface area contributed by atoms with Crippen molar-refractivity contribution in [2.45, 2.75) is 13.3 Å². The van der Waals surface area contributed by atoms with Crippen LogP contribution in [0.25, 0.3) is 10.2 Å². The van der Waals surface area contributed by atoms with Crippen molar-refractivity contribution in [1.82, 2.24) is 4.98 Å². The van der Waals surface area contributed by atoms with E-state index < -0.39 is 0 Å². The van der Waals surface area contributed by atoms with Gasteiger partial charge < -0.3 is 10.2 Å². The number of fused-ring (bicyclic) bond motifs is 1. The smallest absolute Gasteiger partial charge is 0.231 e. The summed E-state index contributed by atoms with van der Waals surface area (Å²) < 4.78 is 0.914. The van der Waals surface area contributed by atoms with Gasteiger partial charge in [0.05, 0.1) is 16.1 Å². The van der Waals surface area contributed by atoms with Crippen LogP contribution in [-0.4, -0.2) is 23.3 Å². The standard InChI is InChI=1S/C19H16ClN3O2S/c1-11-2-5-14(6-3-11)23-10-12(8-17(23)24)18(25)22-19-21-15-7-4-13(20)9-16(15)26-19/h2-7,9,12H,8,10H2,1H3,(H,21,22,25)/t12-/m0/s1. The number of aromatic nitrogens is 1. The average molecular weight is 386 g/mol. The Morgan fingerprint density at radius 1 is 1.27 bits per heavy atom. The summed E-state index contributed by atoms with van der Waals surface area (Å²) in [5.41, 5.74) is 2.75. The van der Waals surface area contributed by atoms with E-state index in [0.717, 1.165) is 21.5 Å². The lowest BCUT2D eigenvalue weighted by Gasteiger charge is -2.16. The molecule has 3 aromatic rings. The van der Waals surface area contributed by atoms with E-state index in [1.807, 2.05) is 43.3 Å². The van der Waals surface area contributed by atoms with Gasteiger partial charge >= 0.3 is 0 Å². The van der Waals surface area contributed by atoms with Gasteiger partial charge in [-0.1, -0.05) is 40.6 Å². The van der Waals surface area contributed by atoms with Crippen LogP contribution in [0.2, 0.25) is 5.02 Å². The first-order valence-electron chi connectivity index (χ1n) is 8.23. The van der Waals surface area contributed by atoms with Crippen LogP contribution in [0.1, 0.15) is 12.0 Å². The van der Waals surface area contributed by atoms with E-state index in [1.54, 1.807) is 11.0 Å². The van der Waals surface area contributed by atoms with E-state index in [-0.39, 0.29) is 24.2 Å². The van der Waals surface area contributed by atoms with Crippen LogP contribution >= 0.6 is 22.9 Å². The number of nitrogens with zero attached hydrogens (tertiary/aromatic N) is 2. The molecule has 1 saturated heterocycles. The molecule has 2 amide bonds. The third-order valence-electron chi connectivity index (χ3n) is 4.42. The summed E-state index contributed by atoms with van der Waals surface area (Å²) in [5, 5.41) is 4.00. The average Bonchev–Trinajstić information content (AvgIpc) is 3.18. The van der Waals surface area contributed by atoms with Gasteiger partial charge in [-0.05, 0) is 37.3 Å². The number of carbonyl (C=O) groups is 2.